The number of aromatic amines is 1. The van der Waals surface area contributed by atoms with Crippen LogP contribution in [0.25, 0.3) is 22.2 Å². The first kappa shape index (κ1) is 20.1. The Kier molecular flexibility index (Phi) is 5.36. The Morgan fingerprint density at radius 3 is 2.45 bits per heavy atom. The van der Waals surface area contributed by atoms with Crippen molar-refractivity contribution in [2.75, 3.05) is 26.5 Å². The summed E-state index contributed by atoms with van der Waals surface area (Å²) < 4.78 is 5.44. The van der Waals surface area contributed by atoms with Crippen LogP contribution in [0.2, 0.25) is 0 Å². The van der Waals surface area contributed by atoms with Crippen LogP contribution in [0.5, 0.6) is 5.75 Å². The SMILES string of the molecule is COc1ccc(-c2ccccc2)c2nc(NC(=O)c3ccc(C(=O)N(C)C)cn3)[nH]c12. The molecule has 2 amide bonds. The maximum Gasteiger partial charge on any atom is 0.276 e. The number of pyridine rings is 1. The third kappa shape index (κ3) is 3.95. The summed E-state index contributed by atoms with van der Waals surface area (Å²) in [5.74, 6) is 0.268. The smallest absolute Gasteiger partial charge is 0.276 e. The molecule has 0 aliphatic carbocycles. The maximum absolute atomic E-state index is 12.7. The van der Waals surface area contributed by atoms with Gasteiger partial charge in [-0.2, -0.15) is 0 Å². The number of rotatable bonds is 5. The maximum atomic E-state index is 12.7. The zero-order valence-corrected chi connectivity index (χ0v) is 17.3. The molecule has 0 atom stereocenters. The number of aromatic nitrogens is 3. The average molecular weight is 415 g/mol. The molecule has 0 bridgehead atoms. The highest BCUT2D eigenvalue weighted by Crippen LogP contribution is 2.33. The molecular formula is C23H21N5O3. The van der Waals surface area contributed by atoms with Crippen LogP contribution in [-0.2, 0) is 0 Å². The summed E-state index contributed by atoms with van der Waals surface area (Å²) in [6.07, 6.45) is 1.38. The second-order valence-corrected chi connectivity index (χ2v) is 7.08. The second kappa shape index (κ2) is 8.27. The number of anilines is 1. The van der Waals surface area contributed by atoms with Gasteiger partial charge in [-0.1, -0.05) is 30.3 Å². The number of methoxy groups -OCH3 is 1. The predicted molar refractivity (Wildman–Crippen MR) is 118 cm³/mol. The minimum Gasteiger partial charge on any atom is -0.494 e. The number of H-pyrrole nitrogens is 1. The summed E-state index contributed by atoms with van der Waals surface area (Å²) in [6.45, 7) is 0. The first-order chi connectivity index (χ1) is 15.0. The van der Waals surface area contributed by atoms with Crippen molar-refractivity contribution in [3.8, 4) is 16.9 Å². The van der Waals surface area contributed by atoms with Crippen LogP contribution >= 0.6 is 0 Å². The van der Waals surface area contributed by atoms with Gasteiger partial charge >= 0.3 is 0 Å². The van der Waals surface area contributed by atoms with Gasteiger partial charge in [-0.25, -0.2) is 4.98 Å². The molecule has 0 saturated heterocycles. The monoisotopic (exact) mass is 415 g/mol. The van der Waals surface area contributed by atoms with Gasteiger partial charge in [0.2, 0.25) is 5.95 Å². The van der Waals surface area contributed by atoms with Crippen LogP contribution in [0.3, 0.4) is 0 Å². The molecule has 31 heavy (non-hydrogen) atoms. The van der Waals surface area contributed by atoms with Crippen LogP contribution in [0, 0.1) is 0 Å². The summed E-state index contributed by atoms with van der Waals surface area (Å²) in [6, 6.07) is 16.7. The Morgan fingerprint density at radius 1 is 1.03 bits per heavy atom. The van der Waals surface area contributed by atoms with Crippen LogP contribution in [0.15, 0.2) is 60.8 Å². The molecule has 4 rings (SSSR count). The van der Waals surface area contributed by atoms with Gasteiger partial charge in [-0.3, -0.25) is 19.9 Å². The zero-order chi connectivity index (χ0) is 22.0. The molecule has 2 aromatic heterocycles. The number of carbonyl (C=O) groups excluding carboxylic acids is 2. The van der Waals surface area contributed by atoms with E-state index >= 15 is 0 Å². The standard InChI is InChI=1S/C23H21N5O3/c1-28(2)22(30)15-9-11-17(24-13-15)21(29)27-23-25-19-16(14-7-5-4-6-8-14)10-12-18(31-3)20(19)26-23/h4-13H,1-3H3,(H2,25,26,27,29). The lowest BCUT2D eigenvalue weighted by molar-refractivity contribution is 0.0826. The Balaban J connectivity index is 1.64. The number of nitrogens with one attached hydrogen (secondary N) is 2. The van der Waals surface area contributed by atoms with Crippen molar-refractivity contribution < 1.29 is 14.3 Å². The average Bonchev–Trinajstić information content (AvgIpc) is 3.22. The van der Waals surface area contributed by atoms with Gasteiger partial charge in [-0.15, -0.1) is 0 Å². The number of nitrogens with zero attached hydrogens (tertiary/aromatic N) is 3. The molecule has 0 unspecified atom stereocenters. The fraction of sp³-hybridized carbons (Fsp3) is 0.130. The van der Waals surface area contributed by atoms with Crippen molar-refractivity contribution >= 4 is 28.8 Å². The summed E-state index contributed by atoms with van der Waals surface area (Å²) in [5, 5.41) is 2.73. The molecule has 0 saturated carbocycles. The first-order valence-corrected chi connectivity index (χ1v) is 9.59. The fourth-order valence-electron chi connectivity index (χ4n) is 3.23. The number of carbonyl (C=O) groups is 2. The van der Waals surface area contributed by atoms with Crippen LogP contribution in [0.1, 0.15) is 20.8 Å². The minimum absolute atomic E-state index is 0.172. The topological polar surface area (TPSA) is 100 Å². The number of hydrogen-bond donors (Lipinski definition) is 2. The Labute approximate surface area is 178 Å². The van der Waals surface area contributed by atoms with Gasteiger partial charge in [-0.05, 0) is 29.8 Å². The van der Waals surface area contributed by atoms with E-state index in [1.165, 1.54) is 17.2 Å². The van der Waals surface area contributed by atoms with Crippen molar-refractivity contribution in [1.82, 2.24) is 19.9 Å². The van der Waals surface area contributed by atoms with E-state index in [2.05, 4.69) is 20.3 Å². The van der Waals surface area contributed by atoms with Gasteiger partial charge in [0.25, 0.3) is 11.8 Å². The molecule has 0 radical (unpaired) electrons. The molecule has 2 aromatic carbocycles. The van der Waals surface area contributed by atoms with Crippen molar-refractivity contribution in [3.63, 3.8) is 0 Å². The number of imidazole rings is 1. The summed E-state index contributed by atoms with van der Waals surface area (Å²) in [7, 11) is 4.89. The van der Waals surface area contributed by atoms with E-state index < -0.39 is 5.91 Å². The molecule has 2 heterocycles. The Morgan fingerprint density at radius 2 is 1.81 bits per heavy atom. The van der Waals surface area contributed by atoms with Gasteiger partial charge < -0.3 is 14.6 Å². The van der Waals surface area contributed by atoms with Crippen molar-refractivity contribution in [2.45, 2.75) is 0 Å². The first-order valence-electron chi connectivity index (χ1n) is 9.59. The molecule has 4 aromatic rings. The highest BCUT2D eigenvalue weighted by molar-refractivity contribution is 6.04. The fourth-order valence-corrected chi connectivity index (χ4v) is 3.23. The lowest BCUT2D eigenvalue weighted by Gasteiger charge is -2.09. The summed E-state index contributed by atoms with van der Waals surface area (Å²) in [4.78, 5) is 37.9. The third-order valence-corrected chi connectivity index (χ3v) is 4.79. The molecule has 2 N–H and O–H groups in total. The largest absolute Gasteiger partial charge is 0.494 e. The molecule has 8 heteroatoms. The number of hydrogen-bond acceptors (Lipinski definition) is 5. The van der Waals surface area contributed by atoms with E-state index in [1.54, 1.807) is 27.3 Å². The number of ether oxygens (including phenoxy) is 1. The minimum atomic E-state index is -0.442. The highest BCUT2D eigenvalue weighted by atomic mass is 16.5. The van der Waals surface area contributed by atoms with Gasteiger partial charge in [0, 0.05) is 25.9 Å². The summed E-state index contributed by atoms with van der Waals surface area (Å²) in [5.41, 5.74) is 3.86. The van der Waals surface area contributed by atoms with Crippen molar-refractivity contribution in [3.05, 3.63) is 72.1 Å². The van der Waals surface area contributed by atoms with Gasteiger partial charge in [0.15, 0.2) is 0 Å². The van der Waals surface area contributed by atoms with E-state index in [0.717, 1.165) is 11.1 Å². The van der Waals surface area contributed by atoms with Crippen molar-refractivity contribution in [1.29, 1.82) is 0 Å². The van der Waals surface area contributed by atoms with E-state index in [9.17, 15) is 9.59 Å². The van der Waals surface area contributed by atoms with Crippen molar-refractivity contribution in [2.24, 2.45) is 0 Å². The summed E-state index contributed by atoms with van der Waals surface area (Å²) >= 11 is 0. The molecule has 0 spiro atoms. The van der Waals surface area contributed by atoms with E-state index in [0.29, 0.717) is 22.3 Å². The van der Waals surface area contributed by atoms with Crippen LogP contribution in [-0.4, -0.2) is 52.9 Å². The molecule has 0 fully saturated rings. The molecule has 156 valence electrons. The van der Waals surface area contributed by atoms with E-state index in [4.69, 9.17) is 4.74 Å². The van der Waals surface area contributed by atoms with Gasteiger partial charge in [0.1, 0.15) is 22.5 Å². The number of amides is 2. The van der Waals surface area contributed by atoms with Gasteiger partial charge in [0.05, 0.1) is 12.7 Å². The quantitative estimate of drug-likeness (QED) is 0.519. The molecular weight excluding hydrogens is 394 g/mol. The molecule has 0 aliphatic heterocycles. The number of benzene rings is 2. The third-order valence-electron chi connectivity index (χ3n) is 4.79. The Hall–Kier alpha value is -4.20. The highest BCUT2D eigenvalue weighted by Gasteiger charge is 2.17. The second-order valence-electron chi connectivity index (χ2n) is 7.08. The predicted octanol–water partition coefficient (Wildman–Crippen LogP) is 3.59. The Bertz CT molecular complexity index is 1250. The normalized spacial score (nSPS) is 10.7. The zero-order valence-electron chi connectivity index (χ0n) is 17.3. The lowest BCUT2D eigenvalue weighted by Crippen LogP contribution is -2.22. The van der Waals surface area contributed by atoms with Crippen LogP contribution in [0.4, 0.5) is 5.95 Å². The molecule has 8 nitrogen and oxygen atoms in total. The number of fused-ring (bicyclic) bond motifs is 1. The van der Waals surface area contributed by atoms with E-state index in [1.807, 2.05) is 42.5 Å². The van der Waals surface area contributed by atoms with E-state index in [-0.39, 0.29) is 17.5 Å². The van der Waals surface area contributed by atoms with Crippen LogP contribution < -0.4 is 10.1 Å². The lowest BCUT2D eigenvalue weighted by atomic mass is 10.0. The molecule has 0 aliphatic rings.